The minimum atomic E-state index is 0.555. The third-order valence-corrected chi connectivity index (χ3v) is 18.0. The van der Waals surface area contributed by atoms with Gasteiger partial charge in [-0.3, -0.25) is 4.99 Å². The van der Waals surface area contributed by atoms with E-state index in [0.717, 1.165) is 146 Å². The zero-order valence-corrected chi connectivity index (χ0v) is 50.3. The largest absolute Gasteiger partial charge is 0.399 e. The molecule has 0 aliphatic carbocycles. The third-order valence-electron chi connectivity index (χ3n) is 16.0. The number of aliphatic imine (C=N–C) groups is 1. The quantitative estimate of drug-likeness (QED) is 0.0683. The van der Waals surface area contributed by atoms with E-state index in [1.54, 1.807) is 0 Å². The van der Waals surface area contributed by atoms with Crippen molar-refractivity contribution < 1.29 is 0 Å². The number of aromatic amines is 4. The Hall–Kier alpha value is -8.63. The number of aromatic nitrogens is 6. The molecule has 0 saturated carbocycles. The molecule has 0 radical (unpaired) electrons. The first-order chi connectivity index (χ1) is 40.5. The Morgan fingerprint density at radius 1 is 0.410 bits per heavy atom. The number of imidazole rings is 2. The zero-order valence-electron chi connectivity index (χ0n) is 44.0. The molecule has 83 heavy (non-hydrogen) atoms. The van der Waals surface area contributed by atoms with E-state index in [1.807, 2.05) is 48.8 Å². The van der Waals surface area contributed by atoms with E-state index in [0.29, 0.717) is 12.2 Å². The van der Waals surface area contributed by atoms with Crippen LogP contribution in [0.1, 0.15) is 16.7 Å². The molecule has 10 N–H and O–H groups in total. The van der Waals surface area contributed by atoms with Gasteiger partial charge < -0.3 is 37.1 Å². The maximum atomic E-state index is 6.11. The van der Waals surface area contributed by atoms with Crippen LogP contribution in [-0.2, 0) is 13.0 Å². The minimum Gasteiger partial charge on any atom is -0.399 e. The lowest BCUT2D eigenvalue weighted by molar-refractivity contribution is 1.07. The van der Waals surface area contributed by atoms with Gasteiger partial charge in [0.1, 0.15) is 11.6 Å². The van der Waals surface area contributed by atoms with Crippen molar-refractivity contribution >= 4 is 195 Å². The van der Waals surface area contributed by atoms with Crippen LogP contribution in [0.5, 0.6) is 0 Å². The van der Waals surface area contributed by atoms with E-state index < -0.39 is 0 Å². The number of hydrogen-bond donors (Lipinski definition) is 7. The number of nitrogens with one attached hydrogen (secondary N) is 4. The summed E-state index contributed by atoms with van der Waals surface area (Å²) in [7, 11) is 0. The first kappa shape index (κ1) is 51.3. The van der Waals surface area contributed by atoms with Crippen molar-refractivity contribution in [2.24, 2.45) is 10.7 Å². The summed E-state index contributed by atoms with van der Waals surface area (Å²) in [6, 6.07) is 62.8. The van der Waals surface area contributed by atoms with E-state index >= 15 is 0 Å². The third kappa shape index (κ3) is 8.86. The van der Waals surface area contributed by atoms with Gasteiger partial charge in [-0.2, -0.15) is 0 Å². The molecule has 10 nitrogen and oxygen atoms in total. The molecule has 0 spiro atoms. The van der Waals surface area contributed by atoms with Gasteiger partial charge in [0.2, 0.25) is 0 Å². The average Bonchev–Trinajstić information content (AvgIpc) is 3.89. The highest BCUT2D eigenvalue weighted by Gasteiger charge is 2.23. The average molecular weight is 1330 g/mol. The molecule has 17 rings (SSSR count). The number of nitrogens with two attached hydrogens (primary N) is 3. The van der Waals surface area contributed by atoms with Gasteiger partial charge in [0, 0.05) is 114 Å². The zero-order chi connectivity index (χ0) is 56.2. The summed E-state index contributed by atoms with van der Waals surface area (Å²) in [6.07, 6.45) is 4.88. The molecule has 16 aromatic rings. The van der Waals surface area contributed by atoms with E-state index in [2.05, 4.69) is 229 Å². The maximum absolute atomic E-state index is 6.11. The van der Waals surface area contributed by atoms with Crippen molar-refractivity contribution in [1.82, 2.24) is 29.9 Å². The number of halogens is 4. The van der Waals surface area contributed by atoms with Gasteiger partial charge in [0.25, 0.3) is 0 Å². The predicted octanol–water partition coefficient (Wildman–Crippen LogP) is 19.4. The summed E-state index contributed by atoms with van der Waals surface area (Å²) in [4.78, 5) is 28.9. The normalized spacial score (nSPS) is 12.3. The molecule has 0 unspecified atom stereocenters. The van der Waals surface area contributed by atoms with E-state index in [4.69, 9.17) is 32.2 Å². The molecule has 400 valence electrons. The first-order valence-electron chi connectivity index (χ1n) is 27.0. The second-order valence-corrected chi connectivity index (χ2v) is 24.6. The smallest absolute Gasteiger partial charge is 0.140 e. The van der Waals surface area contributed by atoms with Gasteiger partial charge in [0.05, 0.1) is 33.5 Å². The predicted molar refractivity (Wildman–Crippen MR) is 362 cm³/mol. The summed E-state index contributed by atoms with van der Waals surface area (Å²) >= 11 is 14.4. The molecule has 12 aromatic carbocycles. The van der Waals surface area contributed by atoms with Crippen LogP contribution in [0, 0.1) is 0 Å². The molecular weight excluding hydrogens is 1290 g/mol. The number of H-pyrrole nitrogens is 4. The first-order valence-corrected chi connectivity index (χ1v) is 30.1. The van der Waals surface area contributed by atoms with E-state index in [1.165, 1.54) is 43.4 Å². The number of hydrogen-bond acceptors (Lipinski definition) is 6. The van der Waals surface area contributed by atoms with Crippen LogP contribution in [0.4, 0.5) is 17.1 Å². The maximum Gasteiger partial charge on any atom is 0.140 e. The minimum absolute atomic E-state index is 0.555. The molecule has 0 bridgehead atoms. The second-order valence-electron chi connectivity index (χ2n) is 21.0. The number of nitrogen functional groups attached to an aromatic ring is 2. The lowest BCUT2D eigenvalue weighted by Gasteiger charge is -2.10. The van der Waals surface area contributed by atoms with Crippen molar-refractivity contribution in [3.63, 3.8) is 0 Å². The highest BCUT2D eigenvalue weighted by atomic mass is 79.9. The number of anilines is 2. The summed E-state index contributed by atoms with van der Waals surface area (Å²) in [6.45, 7) is 0.555. The summed E-state index contributed by atoms with van der Waals surface area (Å²) < 4.78 is 4.17. The molecule has 0 fully saturated rings. The van der Waals surface area contributed by atoms with Crippen LogP contribution in [0.3, 0.4) is 0 Å². The van der Waals surface area contributed by atoms with E-state index in [-0.39, 0.29) is 0 Å². The Labute approximate surface area is 507 Å². The van der Waals surface area contributed by atoms with Crippen molar-refractivity contribution in [3.05, 3.63) is 229 Å². The number of rotatable bonds is 4. The van der Waals surface area contributed by atoms with Crippen LogP contribution < -0.4 is 17.2 Å². The van der Waals surface area contributed by atoms with Gasteiger partial charge in [-0.15, -0.1) is 0 Å². The fourth-order valence-corrected chi connectivity index (χ4v) is 13.6. The van der Waals surface area contributed by atoms with Gasteiger partial charge in [-0.25, -0.2) is 9.97 Å². The van der Waals surface area contributed by atoms with Crippen LogP contribution in [0.25, 0.3) is 131 Å². The Kier molecular flexibility index (Phi) is 12.6. The Bertz CT molecular complexity index is 5000. The number of fused-ring (bicyclic) bond motifs is 20. The second kappa shape index (κ2) is 20.4. The molecule has 4 aromatic heterocycles. The Morgan fingerprint density at radius 3 is 1.43 bits per heavy atom. The van der Waals surface area contributed by atoms with Crippen molar-refractivity contribution in [2.75, 3.05) is 11.5 Å². The molecule has 0 saturated heterocycles. The van der Waals surface area contributed by atoms with Gasteiger partial charge in [-0.1, -0.05) is 155 Å². The highest BCUT2D eigenvalue weighted by molar-refractivity contribution is 9.11. The fraction of sp³-hybridized carbons (Fsp3) is 0.0290. The molecule has 1 aliphatic heterocycles. The van der Waals surface area contributed by atoms with E-state index in [9.17, 15) is 0 Å². The van der Waals surface area contributed by atoms with Crippen LogP contribution in [0.15, 0.2) is 217 Å². The Balaban J connectivity index is 0.000000107. The molecular formula is C69H46Br4N10. The SMILES string of the molecule is Brc1ccc2[nH]cc(-c3nc4c5cc(Br)ccc5c5ccc(Br)cc5c4[nH]3)c2c1.NCc1cccc(C2=Nc3c(c4ccccc4c4ccccc34)C2)c1.Nc1ccc2c3ccc(N)cc3c3[nH]c(-c4c[nH]c5ccc(Br)cc45)nc3c2c1. The van der Waals surface area contributed by atoms with Crippen LogP contribution in [-0.4, -0.2) is 35.6 Å². The van der Waals surface area contributed by atoms with Gasteiger partial charge in [-0.05, 0) is 145 Å². The molecule has 5 heterocycles. The lowest BCUT2D eigenvalue weighted by Crippen LogP contribution is -2.03. The standard InChI is InChI=1S/C23H12Br3N3.C23H16BrN5.C23H18N2/c24-11-1-4-14-15-5-2-12(25)9-18(15)22-21(17(14)8-11)28-23(29-22)19-10-27-20-6-3-13(26)7-16(19)20;24-11-1-6-20-16(7-11)19(10-27-20)23-28-21-17-8-12(25)2-4-14(17)15-5-3-13(26)9-18(15)22(21)29-23;24-14-15-6-5-7-16(12-15)22-13-21-19-10-2-1-8-17(19)18-9-3-4-11-20(18)23(21)25-22/h1-10,27H,(H,28,29);1-10,27H,25-26H2,(H,28,29);1-12H,13-14,24H2. The van der Waals surface area contributed by atoms with Crippen molar-refractivity contribution in [1.29, 1.82) is 0 Å². The van der Waals surface area contributed by atoms with Crippen molar-refractivity contribution in [3.8, 4) is 22.8 Å². The molecule has 14 heteroatoms. The molecule has 0 atom stereocenters. The topological polar surface area (TPSA) is 179 Å². The molecule has 1 aliphatic rings. The number of nitrogens with zero attached hydrogens (tertiary/aromatic N) is 3. The Morgan fingerprint density at radius 2 is 0.855 bits per heavy atom. The van der Waals surface area contributed by atoms with Gasteiger partial charge >= 0.3 is 0 Å². The van der Waals surface area contributed by atoms with Crippen LogP contribution in [0.2, 0.25) is 0 Å². The van der Waals surface area contributed by atoms with Crippen LogP contribution >= 0.6 is 63.7 Å². The number of benzene rings is 12. The monoisotopic (exact) mass is 1330 g/mol. The summed E-state index contributed by atoms with van der Waals surface area (Å²) in [5, 5.41) is 16.4. The molecule has 0 amide bonds. The highest BCUT2D eigenvalue weighted by Crippen LogP contribution is 2.44. The summed E-state index contributed by atoms with van der Waals surface area (Å²) in [5.74, 6) is 1.67. The van der Waals surface area contributed by atoms with Gasteiger partial charge in [0.15, 0.2) is 0 Å². The lowest BCUT2D eigenvalue weighted by atomic mass is 9.93. The van der Waals surface area contributed by atoms with Crippen molar-refractivity contribution in [2.45, 2.75) is 13.0 Å². The summed E-state index contributed by atoms with van der Waals surface area (Å²) in [5.41, 5.74) is 33.5. The fourth-order valence-electron chi connectivity index (χ4n) is 12.1.